The van der Waals surface area contributed by atoms with Gasteiger partial charge in [-0.15, -0.1) is 5.10 Å². The molecule has 0 amide bonds. The van der Waals surface area contributed by atoms with Crippen molar-refractivity contribution >= 4 is 5.65 Å². The Hall–Kier alpha value is -3.27. The predicted octanol–water partition coefficient (Wildman–Crippen LogP) is 4.40. The molecule has 0 N–H and O–H groups in total. The third kappa shape index (κ3) is 3.99. The van der Waals surface area contributed by atoms with Gasteiger partial charge >= 0.3 is 0 Å². The number of imidazole rings is 1. The van der Waals surface area contributed by atoms with Gasteiger partial charge in [0.1, 0.15) is 6.23 Å². The Morgan fingerprint density at radius 2 is 1.66 bits per heavy atom. The summed E-state index contributed by atoms with van der Waals surface area (Å²) in [4.78, 5) is 18.0. The van der Waals surface area contributed by atoms with Crippen molar-refractivity contribution in [1.82, 2.24) is 38.7 Å². The minimum absolute atomic E-state index is 0.0519. The second-order valence-corrected chi connectivity index (χ2v) is 10.0. The van der Waals surface area contributed by atoms with Gasteiger partial charge in [0.05, 0.1) is 35.9 Å². The van der Waals surface area contributed by atoms with Crippen molar-refractivity contribution in [2.75, 3.05) is 6.61 Å². The molecule has 1 saturated carbocycles. The largest absolute Gasteiger partial charge is 0.357 e. The van der Waals surface area contributed by atoms with Gasteiger partial charge in [0.2, 0.25) is 5.65 Å². The van der Waals surface area contributed by atoms with Crippen molar-refractivity contribution < 1.29 is 4.74 Å². The van der Waals surface area contributed by atoms with E-state index in [1.807, 2.05) is 37.1 Å². The lowest BCUT2D eigenvalue weighted by atomic mass is 9.96. The molecule has 0 spiro atoms. The Labute approximate surface area is 203 Å². The first-order valence-corrected chi connectivity index (χ1v) is 12.8. The van der Waals surface area contributed by atoms with E-state index in [9.17, 15) is 4.79 Å². The average molecular weight is 477 g/mol. The maximum atomic E-state index is 13.5. The molecule has 10 nitrogen and oxygen atoms in total. The standard InChI is InChI=1S/C25H32N8O2/c1-17(2)32-23(19-13-27-30(16-19)20-8-4-3-5-9-20)29-33-21(14-26-24(33)25(32)34)18-12-28-31(15-18)22-10-6-7-11-35-22/h12-17,20,22H,3-11H2,1-2H3. The zero-order valence-electron chi connectivity index (χ0n) is 20.4. The fraction of sp³-hybridized carbons (Fsp3) is 0.560. The molecular formula is C25H32N8O2. The summed E-state index contributed by atoms with van der Waals surface area (Å²) in [6.07, 6.45) is 18.5. The lowest BCUT2D eigenvalue weighted by Gasteiger charge is -2.22. The number of rotatable bonds is 5. The smallest absolute Gasteiger partial charge is 0.297 e. The topological polar surface area (TPSA) is 97.1 Å². The maximum absolute atomic E-state index is 13.5. The van der Waals surface area contributed by atoms with Gasteiger partial charge < -0.3 is 4.74 Å². The van der Waals surface area contributed by atoms with Crippen molar-refractivity contribution in [3.8, 4) is 22.6 Å². The van der Waals surface area contributed by atoms with Gasteiger partial charge in [-0.2, -0.15) is 10.2 Å². The quantitative estimate of drug-likeness (QED) is 0.423. The summed E-state index contributed by atoms with van der Waals surface area (Å²) in [5, 5.41) is 14.1. The van der Waals surface area contributed by atoms with Crippen LogP contribution in [0, 0.1) is 0 Å². The molecule has 0 aromatic carbocycles. The molecule has 1 aliphatic heterocycles. The summed E-state index contributed by atoms with van der Waals surface area (Å²) in [5.74, 6) is 0.599. The first kappa shape index (κ1) is 22.2. The number of fused-ring (bicyclic) bond motifs is 1. The molecular weight excluding hydrogens is 444 g/mol. The highest BCUT2D eigenvalue weighted by molar-refractivity contribution is 5.63. The average Bonchev–Trinajstić information content (AvgIpc) is 3.64. The fourth-order valence-corrected chi connectivity index (χ4v) is 5.37. The lowest BCUT2D eigenvalue weighted by Crippen LogP contribution is -2.27. The van der Waals surface area contributed by atoms with Crippen LogP contribution in [0.15, 0.2) is 35.8 Å². The van der Waals surface area contributed by atoms with Crippen LogP contribution in [0.25, 0.3) is 28.3 Å². The monoisotopic (exact) mass is 476 g/mol. The first-order valence-electron chi connectivity index (χ1n) is 12.8. The second kappa shape index (κ2) is 9.07. The molecule has 1 aliphatic carbocycles. The number of ether oxygens (including phenoxy) is 1. The summed E-state index contributed by atoms with van der Waals surface area (Å²) in [5.41, 5.74) is 2.57. The van der Waals surface area contributed by atoms with E-state index in [-0.39, 0.29) is 17.8 Å². The van der Waals surface area contributed by atoms with E-state index in [1.165, 1.54) is 19.3 Å². The zero-order chi connectivity index (χ0) is 23.9. The molecule has 2 fully saturated rings. The van der Waals surface area contributed by atoms with E-state index >= 15 is 0 Å². The molecule has 10 heteroatoms. The van der Waals surface area contributed by atoms with Crippen molar-refractivity contribution in [3.63, 3.8) is 0 Å². The highest BCUT2D eigenvalue weighted by atomic mass is 16.5. The Morgan fingerprint density at radius 1 is 0.914 bits per heavy atom. The van der Waals surface area contributed by atoms with Gasteiger partial charge in [0, 0.05) is 30.6 Å². The Morgan fingerprint density at radius 3 is 2.43 bits per heavy atom. The minimum Gasteiger partial charge on any atom is -0.357 e. The number of hydrogen-bond donors (Lipinski definition) is 0. The molecule has 2 aliphatic rings. The third-order valence-corrected chi connectivity index (χ3v) is 7.24. The molecule has 1 saturated heterocycles. The van der Waals surface area contributed by atoms with Crippen molar-refractivity contribution in [2.24, 2.45) is 0 Å². The van der Waals surface area contributed by atoms with Crippen LogP contribution in [-0.2, 0) is 4.74 Å². The predicted molar refractivity (Wildman–Crippen MR) is 131 cm³/mol. The van der Waals surface area contributed by atoms with Crippen LogP contribution in [0.5, 0.6) is 0 Å². The number of nitrogens with zero attached hydrogens (tertiary/aromatic N) is 8. The van der Waals surface area contributed by atoms with Gasteiger partial charge in [-0.05, 0) is 46.0 Å². The molecule has 1 atom stereocenters. The third-order valence-electron chi connectivity index (χ3n) is 7.24. The number of hydrogen-bond acceptors (Lipinski definition) is 6. The SMILES string of the molecule is CC(C)n1c(-c2cnn(C3CCCCC3)c2)nn2c(-c3cnn(C4CCCCO4)c3)cnc2c1=O. The summed E-state index contributed by atoms with van der Waals surface area (Å²) in [7, 11) is 0. The molecule has 35 heavy (non-hydrogen) atoms. The summed E-state index contributed by atoms with van der Waals surface area (Å²) in [6.45, 7) is 4.74. The highest BCUT2D eigenvalue weighted by Gasteiger charge is 2.23. The first-order chi connectivity index (χ1) is 17.1. The van der Waals surface area contributed by atoms with Crippen LogP contribution in [0.1, 0.15) is 83.5 Å². The van der Waals surface area contributed by atoms with E-state index in [1.54, 1.807) is 21.5 Å². The number of aromatic nitrogens is 8. The van der Waals surface area contributed by atoms with Gasteiger partial charge in [-0.3, -0.25) is 14.0 Å². The van der Waals surface area contributed by atoms with Crippen molar-refractivity contribution in [3.05, 3.63) is 41.3 Å². The van der Waals surface area contributed by atoms with Crippen LogP contribution in [0.2, 0.25) is 0 Å². The molecule has 184 valence electrons. The van der Waals surface area contributed by atoms with Crippen LogP contribution < -0.4 is 5.56 Å². The van der Waals surface area contributed by atoms with Crippen molar-refractivity contribution in [1.29, 1.82) is 0 Å². The summed E-state index contributed by atoms with van der Waals surface area (Å²) >= 11 is 0. The Balaban J connectivity index is 1.43. The van der Waals surface area contributed by atoms with E-state index in [0.717, 1.165) is 55.5 Å². The second-order valence-electron chi connectivity index (χ2n) is 10.0. The highest BCUT2D eigenvalue weighted by Crippen LogP contribution is 2.30. The van der Waals surface area contributed by atoms with E-state index in [0.29, 0.717) is 17.5 Å². The molecule has 0 radical (unpaired) electrons. The molecule has 6 rings (SSSR count). The molecule has 4 aromatic rings. The van der Waals surface area contributed by atoms with Crippen LogP contribution in [-0.4, -0.2) is 45.3 Å². The van der Waals surface area contributed by atoms with Gasteiger partial charge in [0.25, 0.3) is 5.56 Å². The van der Waals surface area contributed by atoms with Crippen molar-refractivity contribution in [2.45, 2.75) is 83.5 Å². The van der Waals surface area contributed by atoms with E-state index in [2.05, 4.69) is 19.9 Å². The zero-order valence-corrected chi connectivity index (χ0v) is 20.4. The van der Waals surface area contributed by atoms with Gasteiger partial charge in [0.15, 0.2) is 5.82 Å². The van der Waals surface area contributed by atoms with E-state index in [4.69, 9.17) is 9.84 Å². The van der Waals surface area contributed by atoms with Crippen LogP contribution >= 0.6 is 0 Å². The Bertz CT molecular complexity index is 1380. The van der Waals surface area contributed by atoms with Crippen LogP contribution in [0.3, 0.4) is 0 Å². The minimum atomic E-state index is -0.162. The van der Waals surface area contributed by atoms with Crippen LogP contribution in [0.4, 0.5) is 0 Å². The maximum Gasteiger partial charge on any atom is 0.297 e. The van der Waals surface area contributed by atoms with E-state index < -0.39 is 0 Å². The van der Waals surface area contributed by atoms with Gasteiger partial charge in [-0.1, -0.05) is 19.3 Å². The summed E-state index contributed by atoms with van der Waals surface area (Å²) in [6, 6.07) is 0.344. The Kier molecular flexibility index (Phi) is 5.75. The fourth-order valence-electron chi connectivity index (χ4n) is 5.37. The molecule has 1 unspecified atom stereocenters. The molecule has 5 heterocycles. The normalized spacial score (nSPS) is 19.7. The molecule has 0 bridgehead atoms. The summed E-state index contributed by atoms with van der Waals surface area (Å²) < 4.78 is 13.2. The lowest BCUT2D eigenvalue weighted by molar-refractivity contribution is -0.0394. The molecule has 4 aromatic heterocycles. The van der Waals surface area contributed by atoms with Gasteiger partial charge in [-0.25, -0.2) is 14.2 Å².